The van der Waals surface area contributed by atoms with Crippen LogP contribution in [0.1, 0.15) is 26.7 Å². The number of nitrogens with zero attached hydrogens (tertiary/aromatic N) is 2. The van der Waals surface area contributed by atoms with Gasteiger partial charge in [-0.2, -0.15) is 5.10 Å². The van der Waals surface area contributed by atoms with Crippen molar-refractivity contribution in [2.45, 2.75) is 38.8 Å². The maximum atomic E-state index is 12.2. The molecule has 1 aliphatic carbocycles. The molecule has 0 saturated heterocycles. The van der Waals surface area contributed by atoms with Gasteiger partial charge < -0.3 is 11.1 Å². The third kappa shape index (κ3) is 3.46. The van der Waals surface area contributed by atoms with Gasteiger partial charge in [0.05, 0.1) is 11.2 Å². The molecule has 1 saturated carbocycles. The van der Waals surface area contributed by atoms with E-state index in [1.54, 1.807) is 0 Å². The van der Waals surface area contributed by atoms with Crippen molar-refractivity contribution in [1.82, 2.24) is 9.78 Å². The molecule has 0 atom stereocenters. The summed E-state index contributed by atoms with van der Waals surface area (Å²) in [4.78, 5) is 12.2. The first-order valence-electron chi connectivity index (χ1n) is 6.15. The summed E-state index contributed by atoms with van der Waals surface area (Å²) in [6, 6.07) is 0. The quantitative estimate of drug-likeness (QED) is 0.850. The number of nitrogens with one attached hydrogen (secondary N) is 1. The van der Waals surface area contributed by atoms with Gasteiger partial charge in [0.25, 0.3) is 5.56 Å². The van der Waals surface area contributed by atoms with Gasteiger partial charge >= 0.3 is 0 Å². The van der Waals surface area contributed by atoms with Crippen molar-refractivity contribution in [3.8, 4) is 0 Å². The third-order valence-electron chi connectivity index (χ3n) is 2.85. The van der Waals surface area contributed by atoms with E-state index in [4.69, 9.17) is 17.3 Å². The molecule has 3 N–H and O–H groups in total. The van der Waals surface area contributed by atoms with E-state index in [0.717, 1.165) is 0 Å². The lowest BCUT2D eigenvalue weighted by Gasteiger charge is -2.20. The van der Waals surface area contributed by atoms with Crippen LogP contribution >= 0.6 is 11.6 Å². The van der Waals surface area contributed by atoms with Crippen molar-refractivity contribution in [1.29, 1.82) is 0 Å². The summed E-state index contributed by atoms with van der Waals surface area (Å²) in [6.45, 7) is 4.93. The number of hydrogen-bond donors (Lipinski definition) is 2. The van der Waals surface area contributed by atoms with Crippen LogP contribution in [0, 0.1) is 5.92 Å². The van der Waals surface area contributed by atoms with E-state index >= 15 is 0 Å². The second kappa shape index (κ2) is 4.90. The first-order valence-corrected chi connectivity index (χ1v) is 6.53. The van der Waals surface area contributed by atoms with E-state index in [0.29, 0.717) is 29.7 Å². The molecule has 0 aliphatic heterocycles. The smallest absolute Gasteiger partial charge is 0.291 e. The predicted octanol–water partition coefficient (Wildman–Crippen LogP) is 1.46. The zero-order valence-corrected chi connectivity index (χ0v) is 11.5. The van der Waals surface area contributed by atoms with Crippen LogP contribution in [-0.4, -0.2) is 21.9 Å². The fourth-order valence-corrected chi connectivity index (χ4v) is 1.81. The summed E-state index contributed by atoms with van der Waals surface area (Å²) in [5.41, 5.74) is 5.71. The molecule has 6 heteroatoms. The lowest BCUT2D eigenvalue weighted by molar-refractivity contribution is 0.529. The average molecular weight is 271 g/mol. The molecule has 0 amide bonds. The van der Waals surface area contributed by atoms with Crippen LogP contribution in [0.4, 0.5) is 5.69 Å². The maximum Gasteiger partial charge on any atom is 0.291 e. The van der Waals surface area contributed by atoms with Gasteiger partial charge in [0, 0.05) is 18.6 Å². The molecule has 1 heterocycles. The molecule has 18 heavy (non-hydrogen) atoms. The highest BCUT2D eigenvalue weighted by molar-refractivity contribution is 6.32. The number of halogens is 1. The summed E-state index contributed by atoms with van der Waals surface area (Å²) in [5, 5.41) is 7.43. The summed E-state index contributed by atoms with van der Waals surface area (Å²) in [7, 11) is 0. The van der Waals surface area contributed by atoms with Crippen molar-refractivity contribution in [3.63, 3.8) is 0 Å². The van der Waals surface area contributed by atoms with Crippen molar-refractivity contribution in [2.24, 2.45) is 11.7 Å². The number of aromatic nitrogens is 2. The van der Waals surface area contributed by atoms with E-state index in [9.17, 15) is 4.79 Å². The first-order chi connectivity index (χ1) is 8.37. The number of nitrogens with two attached hydrogens (primary N) is 1. The number of anilines is 1. The largest absolute Gasteiger partial charge is 0.377 e. The minimum atomic E-state index is -0.402. The Morgan fingerprint density at radius 2 is 2.28 bits per heavy atom. The Labute approximate surface area is 111 Å². The topological polar surface area (TPSA) is 72.9 Å². The van der Waals surface area contributed by atoms with E-state index in [2.05, 4.69) is 10.4 Å². The Hall–Kier alpha value is -1.07. The summed E-state index contributed by atoms with van der Waals surface area (Å²) in [6.07, 6.45) is 3.86. The molecular weight excluding hydrogens is 252 g/mol. The van der Waals surface area contributed by atoms with E-state index in [-0.39, 0.29) is 5.56 Å². The van der Waals surface area contributed by atoms with Crippen LogP contribution < -0.4 is 16.6 Å². The normalized spacial score (nSPS) is 15.8. The van der Waals surface area contributed by atoms with Gasteiger partial charge in [0.1, 0.15) is 5.69 Å². The molecule has 0 unspecified atom stereocenters. The maximum absolute atomic E-state index is 12.2. The minimum Gasteiger partial charge on any atom is -0.377 e. The SMILES string of the molecule is CC(C)(N)CNc1c(Cl)cnn(CC2CC2)c1=O. The highest BCUT2D eigenvalue weighted by atomic mass is 35.5. The van der Waals surface area contributed by atoms with Crippen LogP contribution in [0.15, 0.2) is 11.0 Å². The van der Waals surface area contributed by atoms with Gasteiger partial charge in [-0.1, -0.05) is 11.6 Å². The fourth-order valence-electron chi connectivity index (χ4n) is 1.62. The molecule has 5 nitrogen and oxygen atoms in total. The lowest BCUT2D eigenvalue weighted by atomic mass is 10.1. The molecule has 0 spiro atoms. The van der Waals surface area contributed by atoms with Crippen molar-refractivity contribution in [2.75, 3.05) is 11.9 Å². The molecule has 0 aromatic carbocycles. The molecule has 0 bridgehead atoms. The second-order valence-electron chi connectivity index (χ2n) is 5.64. The minimum absolute atomic E-state index is 0.168. The summed E-state index contributed by atoms with van der Waals surface area (Å²) in [5.74, 6) is 0.593. The predicted molar refractivity (Wildman–Crippen MR) is 73.0 cm³/mol. The molecule has 1 aliphatic rings. The summed E-state index contributed by atoms with van der Waals surface area (Å²) >= 11 is 6.00. The Morgan fingerprint density at radius 3 is 2.83 bits per heavy atom. The monoisotopic (exact) mass is 270 g/mol. The van der Waals surface area contributed by atoms with Crippen molar-refractivity contribution < 1.29 is 0 Å². The van der Waals surface area contributed by atoms with E-state index in [1.165, 1.54) is 23.7 Å². The molecule has 100 valence electrons. The third-order valence-corrected chi connectivity index (χ3v) is 3.13. The molecule has 1 aromatic rings. The average Bonchev–Trinajstić information content (AvgIpc) is 3.04. The van der Waals surface area contributed by atoms with Gasteiger partial charge in [0.2, 0.25) is 0 Å². The molecular formula is C12H19ClN4O. The summed E-state index contributed by atoms with van der Waals surface area (Å²) < 4.78 is 1.48. The highest BCUT2D eigenvalue weighted by Crippen LogP contribution is 2.30. The second-order valence-corrected chi connectivity index (χ2v) is 6.05. The molecule has 0 radical (unpaired) electrons. The fraction of sp³-hybridized carbons (Fsp3) is 0.667. The molecule has 2 rings (SSSR count). The van der Waals surface area contributed by atoms with Crippen LogP contribution in [0.25, 0.3) is 0 Å². The number of hydrogen-bond acceptors (Lipinski definition) is 4. The van der Waals surface area contributed by atoms with Crippen LogP contribution in [0.5, 0.6) is 0 Å². The highest BCUT2D eigenvalue weighted by Gasteiger charge is 2.23. The Kier molecular flexibility index (Phi) is 3.64. The standard InChI is InChI=1S/C12H19ClN4O/c1-12(2,14)7-15-10-9(13)5-16-17(11(10)18)6-8-3-4-8/h5,8,15H,3-4,6-7,14H2,1-2H3. The van der Waals surface area contributed by atoms with E-state index < -0.39 is 5.54 Å². The Balaban J connectivity index is 2.19. The van der Waals surface area contributed by atoms with Crippen molar-refractivity contribution >= 4 is 17.3 Å². The van der Waals surface area contributed by atoms with Crippen molar-refractivity contribution in [3.05, 3.63) is 21.6 Å². The van der Waals surface area contributed by atoms with Gasteiger partial charge in [0.15, 0.2) is 0 Å². The van der Waals surface area contributed by atoms with Gasteiger partial charge in [-0.3, -0.25) is 4.79 Å². The molecule has 1 fully saturated rings. The van der Waals surface area contributed by atoms with Crippen LogP contribution in [0.2, 0.25) is 5.02 Å². The Bertz CT molecular complexity index is 488. The van der Waals surface area contributed by atoms with Gasteiger partial charge in [-0.25, -0.2) is 4.68 Å². The first kappa shape index (κ1) is 13.4. The van der Waals surface area contributed by atoms with Crippen LogP contribution in [0.3, 0.4) is 0 Å². The van der Waals surface area contributed by atoms with E-state index in [1.807, 2.05) is 13.8 Å². The Morgan fingerprint density at radius 1 is 1.61 bits per heavy atom. The van der Waals surface area contributed by atoms with Crippen LogP contribution in [-0.2, 0) is 6.54 Å². The van der Waals surface area contributed by atoms with Gasteiger partial charge in [-0.05, 0) is 32.6 Å². The van der Waals surface area contributed by atoms with Gasteiger partial charge in [-0.15, -0.1) is 0 Å². The zero-order chi connectivity index (χ0) is 13.3. The molecule has 1 aromatic heterocycles. The zero-order valence-electron chi connectivity index (χ0n) is 10.7. The number of rotatable bonds is 5. The lowest BCUT2D eigenvalue weighted by Crippen LogP contribution is -2.41.